The van der Waals surface area contributed by atoms with Crippen LogP contribution in [0.1, 0.15) is 16.8 Å². The highest BCUT2D eigenvalue weighted by atomic mass is 19.2. The van der Waals surface area contributed by atoms with E-state index in [4.69, 9.17) is 0 Å². The molecule has 1 unspecified atom stereocenters. The van der Waals surface area contributed by atoms with Crippen molar-refractivity contribution in [1.82, 2.24) is 10.2 Å². The molecule has 1 heterocycles. The highest BCUT2D eigenvalue weighted by Crippen LogP contribution is 2.15. The molecule has 0 aliphatic carbocycles. The zero-order valence-corrected chi connectivity index (χ0v) is 9.54. The second kappa shape index (κ2) is 4.79. The first-order valence-corrected chi connectivity index (χ1v) is 5.53. The van der Waals surface area contributed by atoms with Crippen molar-refractivity contribution in [3.63, 3.8) is 0 Å². The number of carbonyl (C=O) groups excluding carboxylic acids is 1. The SMILES string of the molecule is CNC1CCN(C(=O)c2ccc(F)c(F)c2)C1. The number of carbonyl (C=O) groups is 1. The minimum atomic E-state index is -0.986. The summed E-state index contributed by atoms with van der Waals surface area (Å²) in [5, 5.41) is 3.09. The van der Waals surface area contributed by atoms with Crippen LogP contribution in [-0.4, -0.2) is 37.0 Å². The molecule has 92 valence electrons. The van der Waals surface area contributed by atoms with E-state index in [9.17, 15) is 13.6 Å². The molecule has 1 amide bonds. The number of hydrogen-bond acceptors (Lipinski definition) is 2. The Kier molecular flexibility index (Phi) is 3.38. The molecule has 1 aliphatic rings. The quantitative estimate of drug-likeness (QED) is 0.847. The molecule has 1 saturated heterocycles. The molecule has 0 spiro atoms. The van der Waals surface area contributed by atoms with Crippen molar-refractivity contribution in [1.29, 1.82) is 0 Å². The molecular weight excluding hydrogens is 226 g/mol. The van der Waals surface area contributed by atoms with Crippen LogP contribution in [0.25, 0.3) is 0 Å². The molecule has 1 aromatic rings. The summed E-state index contributed by atoms with van der Waals surface area (Å²) in [7, 11) is 1.84. The van der Waals surface area contributed by atoms with E-state index in [1.807, 2.05) is 7.05 Å². The number of amides is 1. The lowest BCUT2D eigenvalue weighted by atomic mass is 10.2. The zero-order chi connectivity index (χ0) is 12.4. The maximum Gasteiger partial charge on any atom is 0.254 e. The number of halogens is 2. The Morgan fingerprint density at radius 3 is 2.76 bits per heavy atom. The third-order valence-corrected chi connectivity index (χ3v) is 3.05. The molecule has 1 N–H and O–H groups in total. The smallest absolute Gasteiger partial charge is 0.254 e. The number of rotatable bonds is 2. The Bertz CT molecular complexity index is 437. The van der Waals surface area contributed by atoms with Gasteiger partial charge in [-0.25, -0.2) is 8.78 Å². The monoisotopic (exact) mass is 240 g/mol. The first kappa shape index (κ1) is 12.0. The highest BCUT2D eigenvalue weighted by Gasteiger charge is 2.26. The molecule has 0 radical (unpaired) electrons. The van der Waals surface area contributed by atoms with Gasteiger partial charge in [0.2, 0.25) is 0 Å². The van der Waals surface area contributed by atoms with Crippen LogP contribution in [-0.2, 0) is 0 Å². The van der Waals surface area contributed by atoms with Crippen molar-refractivity contribution in [2.75, 3.05) is 20.1 Å². The summed E-state index contributed by atoms with van der Waals surface area (Å²) in [6, 6.07) is 3.52. The van der Waals surface area contributed by atoms with Crippen molar-refractivity contribution in [2.45, 2.75) is 12.5 Å². The molecule has 0 bridgehead atoms. The Labute approximate surface area is 98.4 Å². The van der Waals surface area contributed by atoms with Gasteiger partial charge in [-0.05, 0) is 31.7 Å². The van der Waals surface area contributed by atoms with Crippen LogP contribution in [0.2, 0.25) is 0 Å². The summed E-state index contributed by atoms with van der Waals surface area (Å²) in [5.41, 5.74) is 0.195. The van der Waals surface area contributed by atoms with Crippen molar-refractivity contribution in [2.24, 2.45) is 0 Å². The lowest BCUT2D eigenvalue weighted by molar-refractivity contribution is 0.0789. The molecule has 1 aromatic carbocycles. The molecule has 0 aromatic heterocycles. The summed E-state index contributed by atoms with van der Waals surface area (Å²) < 4.78 is 25.8. The third-order valence-electron chi connectivity index (χ3n) is 3.05. The number of nitrogens with one attached hydrogen (secondary N) is 1. The number of hydrogen-bond donors (Lipinski definition) is 1. The first-order valence-electron chi connectivity index (χ1n) is 5.53. The van der Waals surface area contributed by atoms with Gasteiger partial charge in [0.15, 0.2) is 11.6 Å². The molecule has 1 fully saturated rings. The van der Waals surface area contributed by atoms with Crippen LogP contribution >= 0.6 is 0 Å². The Hall–Kier alpha value is -1.49. The van der Waals surface area contributed by atoms with Crippen molar-refractivity contribution in [3.8, 4) is 0 Å². The Morgan fingerprint density at radius 1 is 1.41 bits per heavy atom. The standard InChI is InChI=1S/C12H14F2N2O/c1-15-9-4-5-16(7-9)12(17)8-2-3-10(13)11(14)6-8/h2-3,6,9,15H,4-5,7H2,1H3. The minimum Gasteiger partial charge on any atom is -0.337 e. The maximum absolute atomic E-state index is 13.0. The molecule has 1 atom stereocenters. The van der Waals surface area contributed by atoms with Gasteiger partial charge in [-0.15, -0.1) is 0 Å². The van der Waals surface area contributed by atoms with E-state index in [2.05, 4.69) is 5.32 Å². The largest absolute Gasteiger partial charge is 0.337 e. The van der Waals surface area contributed by atoms with Gasteiger partial charge < -0.3 is 10.2 Å². The lowest BCUT2D eigenvalue weighted by Gasteiger charge is -2.16. The molecule has 5 heteroatoms. The number of likely N-dealkylation sites (tertiary alicyclic amines) is 1. The van der Waals surface area contributed by atoms with Crippen LogP contribution in [0.5, 0.6) is 0 Å². The number of nitrogens with zero attached hydrogens (tertiary/aromatic N) is 1. The maximum atomic E-state index is 13.0. The summed E-state index contributed by atoms with van der Waals surface area (Å²) in [4.78, 5) is 13.6. The molecular formula is C12H14F2N2O. The van der Waals surface area contributed by atoms with Gasteiger partial charge in [0.25, 0.3) is 5.91 Å². The minimum absolute atomic E-state index is 0.195. The first-order chi connectivity index (χ1) is 8.11. The van der Waals surface area contributed by atoms with E-state index in [1.165, 1.54) is 6.07 Å². The zero-order valence-electron chi connectivity index (χ0n) is 9.54. The predicted molar refractivity (Wildman–Crippen MR) is 59.7 cm³/mol. The molecule has 17 heavy (non-hydrogen) atoms. The van der Waals surface area contributed by atoms with Crippen LogP contribution in [0.15, 0.2) is 18.2 Å². The second-order valence-corrected chi connectivity index (χ2v) is 4.15. The third kappa shape index (κ3) is 2.44. The van der Waals surface area contributed by atoms with E-state index < -0.39 is 11.6 Å². The van der Waals surface area contributed by atoms with Crippen LogP contribution < -0.4 is 5.32 Å². The Morgan fingerprint density at radius 2 is 2.18 bits per heavy atom. The second-order valence-electron chi connectivity index (χ2n) is 4.15. The molecule has 1 aliphatic heterocycles. The summed E-state index contributed by atoms with van der Waals surface area (Å²) in [6.07, 6.45) is 0.881. The van der Waals surface area contributed by atoms with E-state index >= 15 is 0 Å². The number of likely N-dealkylation sites (N-methyl/N-ethyl adjacent to an activating group) is 1. The normalized spacial score (nSPS) is 19.7. The fourth-order valence-corrected chi connectivity index (χ4v) is 1.99. The average molecular weight is 240 g/mol. The van der Waals surface area contributed by atoms with E-state index in [-0.39, 0.29) is 17.5 Å². The average Bonchev–Trinajstić information content (AvgIpc) is 2.80. The summed E-state index contributed by atoms with van der Waals surface area (Å²) in [5.74, 6) is -2.17. The topological polar surface area (TPSA) is 32.3 Å². The van der Waals surface area contributed by atoms with Crippen LogP contribution in [0, 0.1) is 11.6 Å². The van der Waals surface area contributed by atoms with Gasteiger partial charge >= 0.3 is 0 Å². The van der Waals surface area contributed by atoms with Gasteiger partial charge in [-0.1, -0.05) is 0 Å². The molecule has 2 rings (SSSR count). The summed E-state index contributed by atoms with van der Waals surface area (Å²) >= 11 is 0. The summed E-state index contributed by atoms with van der Waals surface area (Å²) in [6.45, 7) is 1.25. The lowest BCUT2D eigenvalue weighted by Crippen LogP contribution is -2.33. The van der Waals surface area contributed by atoms with Gasteiger partial charge in [-0.3, -0.25) is 4.79 Å². The van der Waals surface area contributed by atoms with E-state index in [0.29, 0.717) is 13.1 Å². The number of benzene rings is 1. The van der Waals surface area contributed by atoms with Gasteiger partial charge in [0.05, 0.1) is 0 Å². The molecule has 3 nitrogen and oxygen atoms in total. The van der Waals surface area contributed by atoms with Gasteiger partial charge in [0, 0.05) is 24.7 Å². The van der Waals surface area contributed by atoms with Gasteiger partial charge in [0.1, 0.15) is 0 Å². The fourth-order valence-electron chi connectivity index (χ4n) is 1.99. The van der Waals surface area contributed by atoms with Crippen LogP contribution in [0.4, 0.5) is 8.78 Å². The van der Waals surface area contributed by atoms with Crippen molar-refractivity contribution in [3.05, 3.63) is 35.4 Å². The van der Waals surface area contributed by atoms with Gasteiger partial charge in [-0.2, -0.15) is 0 Å². The Balaban J connectivity index is 2.12. The van der Waals surface area contributed by atoms with Crippen molar-refractivity contribution < 1.29 is 13.6 Å². The predicted octanol–water partition coefficient (Wildman–Crippen LogP) is 1.40. The van der Waals surface area contributed by atoms with E-state index in [0.717, 1.165) is 18.6 Å². The van der Waals surface area contributed by atoms with Crippen molar-refractivity contribution >= 4 is 5.91 Å². The fraction of sp³-hybridized carbons (Fsp3) is 0.417. The van der Waals surface area contributed by atoms with E-state index in [1.54, 1.807) is 4.90 Å². The highest BCUT2D eigenvalue weighted by molar-refractivity contribution is 5.94. The van der Waals surface area contributed by atoms with Crippen LogP contribution in [0.3, 0.4) is 0 Å². The molecule has 0 saturated carbocycles.